The number of likely N-dealkylation sites (tertiary alicyclic amines) is 1. The normalized spacial score (nSPS) is 23.1. The number of aromatic nitrogens is 1. The zero-order chi connectivity index (χ0) is 12.3. The molecule has 0 amide bonds. The van der Waals surface area contributed by atoms with Crippen molar-refractivity contribution in [3.63, 3.8) is 0 Å². The van der Waals surface area contributed by atoms with E-state index in [2.05, 4.69) is 29.6 Å². The van der Waals surface area contributed by atoms with Gasteiger partial charge in [-0.15, -0.1) is 11.3 Å². The van der Waals surface area contributed by atoms with Gasteiger partial charge < -0.3 is 10.2 Å². The predicted octanol–water partition coefficient (Wildman–Crippen LogP) is 1.93. The van der Waals surface area contributed by atoms with Crippen molar-refractivity contribution in [1.82, 2.24) is 15.2 Å². The standard InChI is InChI=1S/C13H23N3S/c1-10(14-2)7-11-9-17-13(15-11)8-12-5-4-6-16(12)3/h9-10,12,14H,4-8H2,1-3H3. The first-order valence-electron chi connectivity index (χ1n) is 6.50. The Morgan fingerprint density at radius 3 is 3.12 bits per heavy atom. The Morgan fingerprint density at radius 1 is 1.65 bits per heavy atom. The average Bonchev–Trinajstić information content (AvgIpc) is 2.90. The SMILES string of the molecule is CNC(C)Cc1csc(CC2CCCN2C)n1. The molecule has 0 bridgehead atoms. The number of rotatable bonds is 5. The first-order valence-corrected chi connectivity index (χ1v) is 7.37. The molecule has 0 aromatic carbocycles. The van der Waals surface area contributed by atoms with Crippen molar-refractivity contribution < 1.29 is 0 Å². The van der Waals surface area contributed by atoms with Crippen LogP contribution in [0.4, 0.5) is 0 Å². The zero-order valence-corrected chi connectivity index (χ0v) is 11.9. The molecule has 1 aromatic heterocycles. The van der Waals surface area contributed by atoms with E-state index in [-0.39, 0.29) is 0 Å². The lowest BCUT2D eigenvalue weighted by Crippen LogP contribution is -2.26. The maximum Gasteiger partial charge on any atom is 0.0943 e. The Bertz CT molecular complexity index is 350. The van der Waals surface area contributed by atoms with Crippen molar-refractivity contribution in [1.29, 1.82) is 0 Å². The highest BCUT2D eigenvalue weighted by Crippen LogP contribution is 2.21. The predicted molar refractivity (Wildman–Crippen MR) is 73.7 cm³/mol. The van der Waals surface area contributed by atoms with Gasteiger partial charge in [-0.05, 0) is 40.4 Å². The molecule has 1 aliphatic heterocycles. The molecule has 2 heterocycles. The Balaban J connectivity index is 1.89. The molecule has 2 atom stereocenters. The lowest BCUT2D eigenvalue weighted by molar-refractivity contribution is 0.309. The number of nitrogens with zero attached hydrogens (tertiary/aromatic N) is 2. The Morgan fingerprint density at radius 2 is 2.47 bits per heavy atom. The van der Waals surface area contributed by atoms with E-state index in [1.807, 2.05) is 18.4 Å². The second-order valence-corrected chi connectivity index (χ2v) is 6.05. The molecule has 2 rings (SSSR count). The van der Waals surface area contributed by atoms with Crippen LogP contribution >= 0.6 is 11.3 Å². The second kappa shape index (κ2) is 5.94. The quantitative estimate of drug-likeness (QED) is 0.869. The third kappa shape index (κ3) is 3.50. The molecule has 0 saturated carbocycles. The van der Waals surface area contributed by atoms with E-state index in [9.17, 15) is 0 Å². The fourth-order valence-corrected chi connectivity index (χ4v) is 3.27. The summed E-state index contributed by atoms with van der Waals surface area (Å²) in [4.78, 5) is 7.22. The van der Waals surface area contributed by atoms with Crippen LogP contribution in [0.1, 0.15) is 30.5 Å². The first-order chi connectivity index (χ1) is 8.19. The van der Waals surface area contributed by atoms with Crippen LogP contribution in [0, 0.1) is 0 Å². The summed E-state index contributed by atoms with van der Waals surface area (Å²) in [7, 11) is 4.24. The molecule has 4 heteroatoms. The highest BCUT2D eigenvalue weighted by Gasteiger charge is 2.22. The molecule has 1 fully saturated rings. The molecular weight excluding hydrogens is 230 g/mol. The molecule has 96 valence electrons. The van der Waals surface area contributed by atoms with E-state index in [0.29, 0.717) is 6.04 Å². The summed E-state index contributed by atoms with van der Waals surface area (Å²) in [6, 6.07) is 1.23. The third-order valence-corrected chi connectivity index (χ3v) is 4.61. The van der Waals surface area contributed by atoms with Gasteiger partial charge in [0.05, 0.1) is 10.7 Å². The van der Waals surface area contributed by atoms with Gasteiger partial charge in [0.25, 0.3) is 0 Å². The lowest BCUT2D eigenvalue weighted by Gasteiger charge is -2.17. The van der Waals surface area contributed by atoms with Crippen LogP contribution < -0.4 is 5.32 Å². The minimum absolute atomic E-state index is 0.513. The first kappa shape index (κ1) is 13.0. The number of likely N-dealkylation sites (N-methyl/N-ethyl adjacent to an activating group) is 2. The molecule has 2 unspecified atom stereocenters. The largest absolute Gasteiger partial charge is 0.317 e. The Kier molecular flexibility index (Phi) is 4.54. The monoisotopic (exact) mass is 253 g/mol. The molecule has 3 nitrogen and oxygen atoms in total. The van der Waals surface area contributed by atoms with Crippen LogP contribution in [0.3, 0.4) is 0 Å². The lowest BCUT2D eigenvalue weighted by atomic mass is 10.1. The van der Waals surface area contributed by atoms with Gasteiger partial charge in [-0.2, -0.15) is 0 Å². The van der Waals surface area contributed by atoms with Gasteiger partial charge in [0, 0.05) is 30.3 Å². The number of hydrogen-bond acceptors (Lipinski definition) is 4. The molecule has 0 radical (unpaired) electrons. The Labute approximate surface area is 108 Å². The molecule has 0 spiro atoms. The van der Waals surface area contributed by atoms with E-state index in [4.69, 9.17) is 4.98 Å². The summed E-state index contributed by atoms with van der Waals surface area (Å²) < 4.78 is 0. The third-order valence-electron chi connectivity index (χ3n) is 3.69. The van der Waals surface area contributed by atoms with Crippen molar-refractivity contribution >= 4 is 11.3 Å². The fraction of sp³-hybridized carbons (Fsp3) is 0.769. The van der Waals surface area contributed by atoms with Crippen LogP contribution in [0.15, 0.2) is 5.38 Å². The van der Waals surface area contributed by atoms with Gasteiger partial charge >= 0.3 is 0 Å². The van der Waals surface area contributed by atoms with Crippen LogP contribution in [0.25, 0.3) is 0 Å². The average molecular weight is 253 g/mol. The van der Waals surface area contributed by atoms with Crippen molar-refractivity contribution in [3.8, 4) is 0 Å². The number of thiazole rings is 1. The van der Waals surface area contributed by atoms with Crippen LogP contribution in [-0.4, -0.2) is 42.6 Å². The van der Waals surface area contributed by atoms with Crippen molar-refractivity contribution in [2.75, 3.05) is 20.6 Å². The minimum Gasteiger partial charge on any atom is -0.317 e. The van der Waals surface area contributed by atoms with E-state index < -0.39 is 0 Å². The molecule has 1 aliphatic rings. The summed E-state index contributed by atoms with van der Waals surface area (Å²) >= 11 is 1.83. The van der Waals surface area contributed by atoms with Gasteiger partial charge in [0.15, 0.2) is 0 Å². The van der Waals surface area contributed by atoms with E-state index >= 15 is 0 Å². The molecule has 1 saturated heterocycles. The Hall–Kier alpha value is -0.450. The topological polar surface area (TPSA) is 28.2 Å². The highest BCUT2D eigenvalue weighted by atomic mass is 32.1. The van der Waals surface area contributed by atoms with Crippen LogP contribution in [0.2, 0.25) is 0 Å². The van der Waals surface area contributed by atoms with Gasteiger partial charge in [0.2, 0.25) is 0 Å². The van der Waals surface area contributed by atoms with Gasteiger partial charge in [0.1, 0.15) is 0 Å². The number of nitrogens with one attached hydrogen (secondary N) is 1. The molecule has 0 aliphatic carbocycles. The van der Waals surface area contributed by atoms with Gasteiger partial charge in [-0.1, -0.05) is 0 Å². The fourth-order valence-electron chi connectivity index (χ4n) is 2.39. The van der Waals surface area contributed by atoms with Crippen molar-refractivity contribution in [2.45, 2.75) is 44.7 Å². The highest BCUT2D eigenvalue weighted by molar-refractivity contribution is 7.09. The zero-order valence-electron chi connectivity index (χ0n) is 11.1. The van der Waals surface area contributed by atoms with E-state index in [1.54, 1.807) is 0 Å². The minimum atomic E-state index is 0.513. The van der Waals surface area contributed by atoms with Crippen molar-refractivity contribution in [3.05, 3.63) is 16.1 Å². The van der Waals surface area contributed by atoms with Crippen molar-refractivity contribution in [2.24, 2.45) is 0 Å². The molecule has 1 aromatic rings. The van der Waals surface area contributed by atoms with Gasteiger partial charge in [-0.3, -0.25) is 0 Å². The van der Waals surface area contributed by atoms with E-state index in [1.165, 1.54) is 30.1 Å². The van der Waals surface area contributed by atoms with E-state index in [0.717, 1.165) is 18.9 Å². The molecular formula is C13H23N3S. The summed E-state index contributed by atoms with van der Waals surface area (Å²) in [5.41, 5.74) is 1.24. The summed E-state index contributed by atoms with van der Waals surface area (Å²) in [6.45, 7) is 3.45. The smallest absolute Gasteiger partial charge is 0.0943 e. The molecule has 17 heavy (non-hydrogen) atoms. The maximum atomic E-state index is 4.75. The maximum absolute atomic E-state index is 4.75. The van der Waals surface area contributed by atoms with Crippen LogP contribution in [0.5, 0.6) is 0 Å². The second-order valence-electron chi connectivity index (χ2n) is 5.11. The number of hydrogen-bond donors (Lipinski definition) is 1. The summed E-state index contributed by atoms with van der Waals surface area (Å²) in [6.07, 6.45) is 4.84. The van der Waals surface area contributed by atoms with Gasteiger partial charge in [-0.25, -0.2) is 4.98 Å². The molecule has 1 N–H and O–H groups in total. The summed E-state index contributed by atoms with van der Waals surface area (Å²) in [5, 5.41) is 6.79. The van der Waals surface area contributed by atoms with Crippen LogP contribution in [-0.2, 0) is 12.8 Å². The summed E-state index contributed by atoms with van der Waals surface area (Å²) in [5.74, 6) is 0.